The molecule has 0 bridgehead atoms. The minimum atomic E-state index is -2.95. The van der Waals surface area contributed by atoms with E-state index in [0.717, 1.165) is 23.2 Å². The molecule has 0 aliphatic carbocycles. The van der Waals surface area contributed by atoms with Gasteiger partial charge in [0, 0.05) is 12.8 Å². The van der Waals surface area contributed by atoms with Crippen LogP contribution in [0.25, 0.3) is 5.53 Å². The molecule has 1 unspecified atom stereocenters. The van der Waals surface area contributed by atoms with Crippen LogP contribution >= 0.6 is 0 Å². The van der Waals surface area contributed by atoms with Gasteiger partial charge in [0.25, 0.3) is 8.32 Å². The second-order valence-corrected chi connectivity index (χ2v) is 16.4. The third kappa shape index (κ3) is 12.3. The van der Waals surface area contributed by atoms with E-state index in [9.17, 15) is 15.1 Å². The molecule has 2 rings (SSSR count). The Labute approximate surface area is 272 Å². The van der Waals surface area contributed by atoms with Crippen LogP contribution in [0.5, 0.6) is 0 Å². The lowest BCUT2D eigenvalue weighted by Crippen LogP contribution is -2.67. The van der Waals surface area contributed by atoms with Crippen LogP contribution in [0.1, 0.15) is 92.4 Å². The first-order chi connectivity index (χ1) is 21.7. The Morgan fingerprint density at radius 1 is 0.867 bits per heavy atom. The fraction of sp³-hybridized carbons (Fsp3) is 0.447. The van der Waals surface area contributed by atoms with E-state index in [1.165, 1.54) is 12.8 Å². The van der Waals surface area contributed by atoms with Crippen molar-refractivity contribution in [3.8, 4) is 0 Å². The Morgan fingerprint density at radius 3 is 2.04 bits per heavy atom. The van der Waals surface area contributed by atoms with Crippen molar-refractivity contribution >= 4 is 36.2 Å². The third-order valence-corrected chi connectivity index (χ3v) is 12.7. The number of carbonyl (C=O) groups is 2. The first kappa shape index (κ1) is 37.5. The summed E-state index contributed by atoms with van der Waals surface area (Å²) in [7, 11) is -2.95. The smallest absolute Gasteiger partial charge is 0.338 e. The van der Waals surface area contributed by atoms with Crippen LogP contribution < -0.4 is 10.4 Å². The molecule has 0 aliphatic rings. The molecule has 0 aliphatic heterocycles. The number of hydrogen-bond donors (Lipinski definition) is 0. The highest BCUT2D eigenvalue weighted by Crippen LogP contribution is 2.38. The van der Waals surface area contributed by atoms with Crippen LogP contribution in [-0.2, 0) is 18.8 Å². The van der Waals surface area contributed by atoms with Crippen LogP contribution in [0, 0.1) is 0 Å². The summed E-state index contributed by atoms with van der Waals surface area (Å²) < 4.78 is 12.2. The molecule has 6 nitrogen and oxygen atoms in total. The van der Waals surface area contributed by atoms with Crippen molar-refractivity contribution in [1.29, 1.82) is 0 Å². The zero-order valence-electron chi connectivity index (χ0n) is 27.9. The van der Waals surface area contributed by atoms with Gasteiger partial charge in [-0.2, -0.15) is 4.79 Å². The summed E-state index contributed by atoms with van der Waals surface area (Å²) in [5.74, 6) is -0.484. The van der Waals surface area contributed by atoms with Gasteiger partial charge in [-0.15, -0.1) is 0 Å². The van der Waals surface area contributed by atoms with Crippen molar-refractivity contribution in [1.82, 2.24) is 0 Å². The van der Waals surface area contributed by atoms with Gasteiger partial charge in [-0.25, -0.2) is 0 Å². The Kier molecular flexibility index (Phi) is 17.0. The number of unbranched alkanes of at least 4 members (excludes halogenated alkanes) is 4. The molecule has 0 saturated heterocycles. The van der Waals surface area contributed by atoms with E-state index in [1.54, 1.807) is 6.92 Å². The van der Waals surface area contributed by atoms with Crippen molar-refractivity contribution < 1.29 is 23.5 Å². The van der Waals surface area contributed by atoms with Crippen molar-refractivity contribution in [2.24, 2.45) is 0 Å². The van der Waals surface area contributed by atoms with Gasteiger partial charge in [-0.3, -0.25) is 9.59 Å². The van der Waals surface area contributed by atoms with Gasteiger partial charge in [-0.1, -0.05) is 138 Å². The number of rotatable bonds is 20. The summed E-state index contributed by atoms with van der Waals surface area (Å²) in [4.78, 5) is 28.5. The summed E-state index contributed by atoms with van der Waals surface area (Å²) in [6, 6.07) is 20.7. The molecule has 2 aromatic rings. The summed E-state index contributed by atoms with van der Waals surface area (Å²) in [6.07, 6.45) is 17.7. The predicted octanol–water partition coefficient (Wildman–Crippen LogP) is 7.93. The molecule has 0 amide bonds. The zero-order chi connectivity index (χ0) is 33.0. The molecular weight excluding hydrogens is 577 g/mol. The highest BCUT2D eigenvalue weighted by atomic mass is 28.4. The van der Waals surface area contributed by atoms with E-state index in [4.69, 9.17) is 9.16 Å². The molecule has 0 spiro atoms. The van der Waals surface area contributed by atoms with Gasteiger partial charge in [0.05, 0.1) is 19.1 Å². The quantitative estimate of drug-likeness (QED) is 0.0218. The second-order valence-electron chi connectivity index (χ2n) is 12.2. The maximum absolute atomic E-state index is 13.6. The SMILES string of the molecule is CCCCC/C=C/C=C/C(CC(=O)C(C/C=C\CCCC(=O)OCC)=[N+]=[N-])O[Si](c1ccccc1)(c1ccccc1)C(C)(C)C. The molecule has 0 aromatic heterocycles. The van der Waals surface area contributed by atoms with Crippen molar-refractivity contribution in [2.45, 2.75) is 104 Å². The minimum Gasteiger partial charge on any atom is -0.466 e. The molecule has 2 aromatic carbocycles. The Bertz CT molecular complexity index is 1270. The molecule has 0 N–H and O–H groups in total. The van der Waals surface area contributed by atoms with Crippen molar-refractivity contribution in [2.75, 3.05) is 6.61 Å². The number of esters is 1. The largest absolute Gasteiger partial charge is 0.466 e. The number of ketones is 1. The summed E-state index contributed by atoms with van der Waals surface area (Å²) in [5, 5.41) is 2.00. The normalized spacial score (nSPS) is 12.9. The van der Waals surface area contributed by atoms with Gasteiger partial charge in [0.15, 0.2) is 0 Å². The fourth-order valence-corrected chi connectivity index (χ4v) is 9.99. The lowest BCUT2D eigenvalue weighted by Gasteiger charge is -2.44. The van der Waals surface area contributed by atoms with E-state index in [0.29, 0.717) is 25.9 Å². The Morgan fingerprint density at radius 2 is 1.49 bits per heavy atom. The molecular formula is C38H52N2O4Si. The molecule has 45 heavy (non-hydrogen) atoms. The number of allylic oxidation sites excluding steroid dienone is 5. The number of hydrogen-bond acceptors (Lipinski definition) is 4. The average molecular weight is 629 g/mol. The highest BCUT2D eigenvalue weighted by Gasteiger charge is 2.51. The van der Waals surface area contributed by atoms with Crippen LogP contribution in [0.4, 0.5) is 0 Å². The molecule has 1 atom stereocenters. The Hall–Kier alpha value is -3.64. The molecule has 0 fully saturated rings. The zero-order valence-corrected chi connectivity index (χ0v) is 28.9. The Balaban J connectivity index is 2.36. The van der Waals surface area contributed by atoms with Gasteiger partial charge in [0.2, 0.25) is 5.78 Å². The predicted molar refractivity (Wildman–Crippen MR) is 187 cm³/mol. The van der Waals surface area contributed by atoms with E-state index in [2.05, 4.69) is 62.8 Å². The summed E-state index contributed by atoms with van der Waals surface area (Å²) in [5.41, 5.74) is 9.87. The van der Waals surface area contributed by atoms with E-state index < -0.39 is 14.4 Å². The molecule has 242 valence electrons. The van der Waals surface area contributed by atoms with Crippen LogP contribution in [0.3, 0.4) is 0 Å². The molecule has 0 saturated carbocycles. The van der Waals surface area contributed by atoms with Crippen molar-refractivity contribution in [3.63, 3.8) is 0 Å². The lowest BCUT2D eigenvalue weighted by atomic mass is 10.1. The minimum absolute atomic E-state index is 0.0424. The topological polar surface area (TPSA) is 89.0 Å². The van der Waals surface area contributed by atoms with Gasteiger partial charge in [-0.05, 0) is 48.0 Å². The third-order valence-electron chi connectivity index (χ3n) is 7.66. The maximum Gasteiger partial charge on any atom is 0.338 e. The molecule has 0 radical (unpaired) electrons. The van der Waals surface area contributed by atoms with E-state index in [-0.39, 0.29) is 35.3 Å². The number of carbonyl (C=O) groups excluding carboxylic acids is 2. The summed E-state index contributed by atoms with van der Waals surface area (Å²) in [6.45, 7) is 11.0. The van der Waals surface area contributed by atoms with E-state index >= 15 is 0 Å². The monoisotopic (exact) mass is 628 g/mol. The molecule has 7 heteroatoms. The molecule has 0 heterocycles. The van der Waals surface area contributed by atoms with Gasteiger partial charge >= 0.3 is 11.7 Å². The maximum atomic E-state index is 13.6. The number of nitrogens with zero attached hydrogens (tertiary/aromatic N) is 2. The number of Topliss-reactive ketones (excluding diaryl/α,β-unsaturated/α-hetero) is 1. The average Bonchev–Trinajstić information content (AvgIpc) is 3.03. The first-order valence-electron chi connectivity index (χ1n) is 16.4. The summed E-state index contributed by atoms with van der Waals surface area (Å²) >= 11 is 0. The van der Waals surface area contributed by atoms with Crippen LogP contribution in [0.2, 0.25) is 5.04 Å². The lowest BCUT2D eigenvalue weighted by molar-refractivity contribution is -0.143. The van der Waals surface area contributed by atoms with Crippen LogP contribution in [0.15, 0.2) is 97.1 Å². The van der Waals surface area contributed by atoms with Gasteiger partial charge < -0.3 is 14.7 Å². The van der Waals surface area contributed by atoms with Crippen LogP contribution in [-0.4, -0.2) is 43.3 Å². The fourth-order valence-electron chi connectivity index (χ4n) is 5.36. The first-order valence-corrected chi connectivity index (χ1v) is 18.3. The number of ether oxygens (including phenoxy) is 1. The number of benzene rings is 2. The van der Waals surface area contributed by atoms with Gasteiger partial charge in [0.1, 0.15) is 0 Å². The second kappa shape index (κ2) is 20.4. The highest BCUT2D eigenvalue weighted by molar-refractivity contribution is 6.99. The standard InChI is InChI=1S/C38H52N2O4Si/c1-6-8-9-10-11-12-17-24-32(31-36(41)35(40-39)29-22-13-14-23-30-37(42)43-7-2)44-45(38(3,4)5,33-25-18-15-19-26-33)34-27-20-16-21-28-34/h11-13,15-22,24-28,32H,6-10,14,23,29-31H2,1-5H3/b12-11+,22-13-,24-17+. The van der Waals surface area contributed by atoms with Crippen molar-refractivity contribution in [3.05, 3.63) is 103 Å². The van der Waals surface area contributed by atoms with E-state index in [1.807, 2.05) is 66.8 Å².